The van der Waals surface area contributed by atoms with Crippen molar-refractivity contribution in [3.05, 3.63) is 46.0 Å². The van der Waals surface area contributed by atoms with Crippen molar-refractivity contribution in [3.8, 4) is 0 Å². The summed E-state index contributed by atoms with van der Waals surface area (Å²) in [5.74, 6) is -2.16. The van der Waals surface area contributed by atoms with E-state index in [-0.39, 0.29) is 35.2 Å². The first-order valence-electron chi connectivity index (χ1n) is 13.2. The minimum Gasteiger partial charge on any atom is -0.504 e. The highest BCUT2D eigenvalue weighted by molar-refractivity contribution is 6.10. The summed E-state index contributed by atoms with van der Waals surface area (Å²) in [4.78, 5) is 13.0. The van der Waals surface area contributed by atoms with Crippen LogP contribution in [0.15, 0.2) is 46.0 Å². The number of aliphatic hydroxyl groups excluding tert-OH is 2. The molecule has 0 aromatic carbocycles. The monoisotopic (exact) mass is 486 g/mol. The van der Waals surface area contributed by atoms with Crippen molar-refractivity contribution >= 4 is 5.78 Å². The van der Waals surface area contributed by atoms with Crippen LogP contribution in [-0.2, 0) is 14.3 Å². The van der Waals surface area contributed by atoms with Gasteiger partial charge in [0.25, 0.3) is 0 Å². The predicted molar refractivity (Wildman–Crippen MR) is 134 cm³/mol. The van der Waals surface area contributed by atoms with Crippen molar-refractivity contribution in [2.24, 2.45) is 29.6 Å². The Morgan fingerprint density at radius 1 is 1.06 bits per heavy atom. The van der Waals surface area contributed by atoms with Gasteiger partial charge in [0.1, 0.15) is 5.76 Å². The number of aliphatic hydroxyl groups is 3. The summed E-state index contributed by atoms with van der Waals surface area (Å²) in [6, 6.07) is 0. The number of rotatable bonds is 0. The van der Waals surface area contributed by atoms with Gasteiger partial charge in [-0.05, 0) is 57.4 Å². The van der Waals surface area contributed by atoms with E-state index in [9.17, 15) is 20.1 Å². The van der Waals surface area contributed by atoms with Crippen LogP contribution < -0.4 is 0 Å². The van der Waals surface area contributed by atoms with Crippen molar-refractivity contribution in [1.29, 1.82) is 0 Å². The van der Waals surface area contributed by atoms with E-state index in [0.717, 1.165) is 25.7 Å². The Morgan fingerprint density at radius 2 is 1.74 bits per heavy atom. The number of ketones is 1. The number of carbonyl (C=O) groups excluding carboxylic acids is 1. The molecule has 1 fully saturated rings. The summed E-state index contributed by atoms with van der Waals surface area (Å²) >= 11 is 0. The molecular weight excluding hydrogens is 444 g/mol. The van der Waals surface area contributed by atoms with Crippen LogP contribution >= 0.6 is 0 Å². The van der Waals surface area contributed by atoms with Crippen LogP contribution in [0, 0.1) is 29.6 Å². The lowest BCUT2D eigenvalue weighted by Crippen LogP contribution is -2.50. The summed E-state index contributed by atoms with van der Waals surface area (Å²) in [6.07, 6.45) is 5.76. The van der Waals surface area contributed by atoms with Gasteiger partial charge in [-0.15, -0.1) is 0 Å². The van der Waals surface area contributed by atoms with E-state index in [1.165, 1.54) is 5.57 Å². The molecule has 4 aliphatic rings. The Balaban J connectivity index is 1.83. The van der Waals surface area contributed by atoms with Gasteiger partial charge in [-0.2, -0.15) is 0 Å². The maximum atomic E-state index is 13.0. The molecule has 194 valence electrons. The minimum absolute atomic E-state index is 0.0815. The van der Waals surface area contributed by atoms with Gasteiger partial charge in [-0.25, -0.2) is 0 Å². The zero-order valence-corrected chi connectivity index (χ0v) is 22.2. The maximum absolute atomic E-state index is 13.0. The first-order valence-corrected chi connectivity index (χ1v) is 13.2. The molecule has 0 radical (unpaired) electrons. The van der Waals surface area contributed by atoms with Gasteiger partial charge in [-0.1, -0.05) is 46.3 Å². The first-order chi connectivity index (χ1) is 16.3. The van der Waals surface area contributed by atoms with E-state index in [0.29, 0.717) is 28.7 Å². The number of carbonyl (C=O) groups is 1. The lowest BCUT2D eigenvalue weighted by Gasteiger charge is -2.44. The lowest BCUT2D eigenvalue weighted by atomic mass is 9.75. The van der Waals surface area contributed by atoms with Crippen LogP contribution in [0.2, 0.25) is 0 Å². The third kappa shape index (κ3) is 4.65. The molecule has 3 heterocycles. The SMILES string of the molecule is CC1=C2O[C@]3(O)C=C2C(=C(O)C1=O)[C@@H]1O[C@H](CC[C@H](C)/C=C(\C)C[C@@H](C)C[C@@H]3C)[C@@H](C)[C@@H](O)[C@H]1C. The van der Waals surface area contributed by atoms with Crippen molar-refractivity contribution in [3.63, 3.8) is 0 Å². The topological polar surface area (TPSA) is 96.2 Å². The zero-order chi connectivity index (χ0) is 25.8. The average molecular weight is 487 g/mol. The molecule has 3 N–H and O–H groups in total. The Morgan fingerprint density at radius 3 is 2.43 bits per heavy atom. The Hall–Kier alpha value is -1.89. The molecule has 0 spiro atoms. The Labute approximate surface area is 209 Å². The molecule has 0 aromatic heterocycles. The second-order valence-electron chi connectivity index (χ2n) is 11.8. The molecule has 35 heavy (non-hydrogen) atoms. The Bertz CT molecular complexity index is 1000. The van der Waals surface area contributed by atoms with E-state index < -0.39 is 23.8 Å². The maximum Gasteiger partial charge on any atom is 0.231 e. The number of hydrogen-bond acceptors (Lipinski definition) is 6. The van der Waals surface area contributed by atoms with Crippen molar-refractivity contribution < 1.29 is 29.6 Å². The van der Waals surface area contributed by atoms with Gasteiger partial charge in [0.2, 0.25) is 11.6 Å². The second-order valence-corrected chi connectivity index (χ2v) is 11.8. The third-order valence-electron chi connectivity index (χ3n) is 8.66. The standard InChI is InChI=1S/C29H42O6/c1-14-8-9-22-18(5)24(30)19(6)28(34-22)23-21-13-29(33,17(4)12-16(3)11-15(2)10-14)35-27(21)20(7)25(31)26(23)32/h10,13-14,16-19,22,24,28,30,32-33H,8-9,11-12H2,1-7H3/b15-10+/t14-,16+,17-,18+,19+,22+,24+,28+,29+/m0/s1. The number of Topliss-reactive ketones (excluding diaryl/α,β-unsaturated/α-hetero) is 1. The number of allylic oxidation sites excluding steroid dienone is 4. The summed E-state index contributed by atoms with van der Waals surface area (Å²) in [5, 5.41) is 33.8. The summed E-state index contributed by atoms with van der Waals surface area (Å²) in [5.41, 5.74) is 2.44. The van der Waals surface area contributed by atoms with Gasteiger partial charge in [-0.3, -0.25) is 4.79 Å². The highest BCUT2D eigenvalue weighted by Crippen LogP contribution is 2.49. The summed E-state index contributed by atoms with van der Waals surface area (Å²) in [7, 11) is 0. The Kier molecular flexibility index (Phi) is 7.13. The fourth-order valence-corrected chi connectivity index (χ4v) is 6.51. The number of fused-ring (bicyclic) bond motifs is 4. The molecule has 0 aromatic rings. The molecule has 1 saturated heterocycles. The fourth-order valence-electron chi connectivity index (χ4n) is 6.51. The van der Waals surface area contributed by atoms with Crippen molar-refractivity contribution in [2.45, 2.75) is 98.2 Å². The molecule has 4 bridgehead atoms. The smallest absolute Gasteiger partial charge is 0.231 e. The van der Waals surface area contributed by atoms with Gasteiger partial charge in [0, 0.05) is 34.5 Å². The molecule has 9 atom stereocenters. The van der Waals surface area contributed by atoms with Crippen LogP contribution in [0.25, 0.3) is 0 Å². The number of ether oxygens (including phenoxy) is 2. The second kappa shape index (κ2) is 9.53. The first kappa shape index (κ1) is 26.2. The molecule has 6 nitrogen and oxygen atoms in total. The molecule has 0 saturated carbocycles. The quantitative estimate of drug-likeness (QED) is 0.411. The average Bonchev–Trinajstić information content (AvgIpc) is 3.14. The van der Waals surface area contributed by atoms with Crippen LogP contribution in [-0.4, -0.2) is 45.2 Å². The molecular formula is C29H42O6. The van der Waals surface area contributed by atoms with Gasteiger partial charge in [0.15, 0.2) is 5.76 Å². The summed E-state index contributed by atoms with van der Waals surface area (Å²) < 4.78 is 12.7. The van der Waals surface area contributed by atoms with Crippen LogP contribution in [0.5, 0.6) is 0 Å². The highest BCUT2D eigenvalue weighted by Gasteiger charge is 2.51. The molecule has 3 aliphatic heterocycles. The van der Waals surface area contributed by atoms with Gasteiger partial charge in [0.05, 0.1) is 18.3 Å². The molecule has 0 unspecified atom stereocenters. The molecule has 0 amide bonds. The summed E-state index contributed by atoms with van der Waals surface area (Å²) in [6.45, 7) is 14.0. The van der Waals surface area contributed by atoms with Gasteiger partial charge >= 0.3 is 0 Å². The van der Waals surface area contributed by atoms with E-state index in [1.807, 2.05) is 20.8 Å². The normalized spacial score (nSPS) is 44.5. The number of hydrogen-bond donors (Lipinski definition) is 3. The predicted octanol–water partition coefficient (Wildman–Crippen LogP) is 5.13. The van der Waals surface area contributed by atoms with Crippen molar-refractivity contribution in [1.82, 2.24) is 0 Å². The van der Waals surface area contributed by atoms with Gasteiger partial charge < -0.3 is 24.8 Å². The zero-order valence-electron chi connectivity index (χ0n) is 22.2. The lowest BCUT2D eigenvalue weighted by molar-refractivity contribution is -0.164. The van der Waals surface area contributed by atoms with E-state index >= 15 is 0 Å². The molecule has 6 heteroatoms. The van der Waals surface area contributed by atoms with Crippen LogP contribution in [0.3, 0.4) is 0 Å². The third-order valence-corrected chi connectivity index (χ3v) is 8.66. The van der Waals surface area contributed by atoms with E-state index in [2.05, 4.69) is 26.8 Å². The van der Waals surface area contributed by atoms with Crippen molar-refractivity contribution in [2.75, 3.05) is 0 Å². The fraction of sp³-hybridized carbons (Fsp3) is 0.690. The van der Waals surface area contributed by atoms with Crippen LogP contribution in [0.1, 0.15) is 74.1 Å². The van der Waals surface area contributed by atoms with E-state index in [1.54, 1.807) is 13.0 Å². The van der Waals surface area contributed by atoms with Crippen LogP contribution in [0.4, 0.5) is 0 Å². The minimum atomic E-state index is -1.60. The van der Waals surface area contributed by atoms with E-state index in [4.69, 9.17) is 9.47 Å². The molecule has 1 aliphatic carbocycles. The highest BCUT2D eigenvalue weighted by atomic mass is 16.6. The largest absolute Gasteiger partial charge is 0.504 e. The molecule has 4 rings (SSSR count).